The summed E-state index contributed by atoms with van der Waals surface area (Å²) in [5.74, 6) is -0.407. The molecule has 0 aromatic heterocycles. The highest BCUT2D eigenvalue weighted by molar-refractivity contribution is 5.89. The van der Waals surface area contributed by atoms with Crippen LogP contribution in [0, 0.1) is 5.82 Å². The van der Waals surface area contributed by atoms with Crippen molar-refractivity contribution >= 4 is 11.7 Å². The van der Waals surface area contributed by atoms with E-state index in [0.717, 1.165) is 0 Å². The number of hydrogen-bond acceptors (Lipinski definition) is 3. The van der Waals surface area contributed by atoms with Crippen LogP contribution in [0.25, 0.3) is 0 Å². The summed E-state index contributed by atoms with van der Waals surface area (Å²) in [6, 6.07) is 3.72. The summed E-state index contributed by atoms with van der Waals surface area (Å²) in [5, 5.41) is 13.9. The van der Waals surface area contributed by atoms with Crippen LogP contribution in [0.4, 0.5) is 14.9 Å². The van der Waals surface area contributed by atoms with E-state index in [9.17, 15) is 9.18 Å². The van der Waals surface area contributed by atoms with Gasteiger partial charge in [-0.1, -0.05) is 0 Å². The average Bonchev–Trinajstić information content (AvgIpc) is 2.36. The molecule has 6 heteroatoms. The first kappa shape index (κ1) is 15.2. The normalized spacial score (nSPS) is 11.8. The quantitative estimate of drug-likeness (QED) is 0.741. The first-order chi connectivity index (χ1) is 9.06. The Balaban J connectivity index is 2.50. The summed E-state index contributed by atoms with van der Waals surface area (Å²) in [6.07, 6.45) is 1.31. The van der Waals surface area contributed by atoms with Gasteiger partial charge in [-0.15, -0.1) is 0 Å². The Labute approximate surface area is 111 Å². The van der Waals surface area contributed by atoms with Gasteiger partial charge in [0.05, 0.1) is 7.11 Å². The van der Waals surface area contributed by atoms with Crippen molar-refractivity contribution < 1.29 is 19.0 Å². The number of aliphatic hydroxyl groups excluding tert-OH is 1. The third kappa shape index (κ3) is 5.13. The Morgan fingerprint density at radius 3 is 2.84 bits per heavy atom. The number of carbonyl (C=O) groups excluding carboxylic acids is 1. The van der Waals surface area contributed by atoms with E-state index in [1.54, 1.807) is 6.07 Å². The zero-order valence-electron chi connectivity index (χ0n) is 11.1. The zero-order valence-corrected chi connectivity index (χ0v) is 11.1. The Kier molecular flexibility index (Phi) is 6.08. The van der Waals surface area contributed by atoms with E-state index in [4.69, 9.17) is 9.84 Å². The summed E-state index contributed by atoms with van der Waals surface area (Å²) in [4.78, 5) is 11.6. The number of hydrogen-bond donors (Lipinski definition) is 3. The van der Waals surface area contributed by atoms with Crippen LogP contribution in [0.1, 0.15) is 19.8 Å². The van der Waals surface area contributed by atoms with Gasteiger partial charge in [0.15, 0.2) is 11.6 Å². The van der Waals surface area contributed by atoms with Crippen LogP contribution in [0.5, 0.6) is 5.75 Å². The molecule has 0 radical (unpaired) electrons. The molecule has 0 aliphatic carbocycles. The minimum atomic E-state index is -0.534. The highest BCUT2D eigenvalue weighted by atomic mass is 19.1. The second-order valence-corrected chi connectivity index (χ2v) is 4.21. The van der Waals surface area contributed by atoms with E-state index >= 15 is 0 Å². The molecule has 5 nitrogen and oxygen atoms in total. The molecular formula is C13H19FN2O3. The molecule has 2 amide bonds. The van der Waals surface area contributed by atoms with Gasteiger partial charge in [-0.3, -0.25) is 0 Å². The van der Waals surface area contributed by atoms with Gasteiger partial charge in [0.2, 0.25) is 0 Å². The molecule has 1 rings (SSSR count). The van der Waals surface area contributed by atoms with Gasteiger partial charge in [0.1, 0.15) is 0 Å². The maximum Gasteiger partial charge on any atom is 0.319 e. The Bertz CT molecular complexity index is 426. The van der Waals surface area contributed by atoms with Gasteiger partial charge in [-0.05, 0) is 31.9 Å². The van der Waals surface area contributed by atoms with Gasteiger partial charge < -0.3 is 20.5 Å². The van der Waals surface area contributed by atoms with Crippen LogP contribution >= 0.6 is 0 Å². The number of rotatable bonds is 6. The van der Waals surface area contributed by atoms with Gasteiger partial charge >= 0.3 is 6.03 Å². The van der Waals surface area contributed by atoms with Crippen molar-refractivity contribution in [1.82, 2.24) is 5.32 Å². The molecule has 19 heavy (non-hydrogen) atoms. The van der Waals surface area contributed by atoms with Crippen molar-refractivity contribution in [2.75, 3.05) is 19.0 Å². The largest absolute Gasteiger partial charge is 0.494 e. The summed E-state index contributed by atoms with van der Waals surface area (Å²) in [6.45, 7) is 1.93. The third-order valence-electron chi connectivity index (χ3n) is 2.58. The van der Waals surface area contributed by atoms with E-state index in [-0.39, 0.29) is 18.4 Å². The lowest BCUT2D eigenvalue weighted by Gasteiger charge is -2.14. The Morgan fingerprint density at radius 2 is 2.26 bits per heavy atom. The summed E-state index contributed by atoms with van der Waals surface area (Å²) in [5.41, 5.74) is 0.352. The van der Waals surface area contributed by atoms with E-state index in [0.29, 0.717) is 18.5 Å². The van der Waals surface area contributed by atoms with Gasteiger partial charge in [-0.2, -0.15) is 0 Å². The number of aliphatic hydroxyl groups is 1. The highest BCUT2D eigenvalue weighted by Crippen LogP contribution is 2.20. The first-order valence-electron chi connectivity index (χ1n) is 6.08. The van der Waals surface area contributed by atoms with Crippen molar-refractivity contribution in [2.24, 2.45) is 0 Å². The predicted molar refractivity (Wildman–Crippen MR) is 70.9 cm³/mol. The fourth-order valence-electron chi connectivity index (χ4n) is 1.60. The van der Waals surface area contributed by atoms with Gasteiger partial charge in [-0.25, -0.2) is 9.18 Å². The van der Waals surface area contributed by atoms with Crippen molar-refractivity contribution in [3.05, 3.63) is 24.0 Å². The number of amides is 2. The monoisotopic (exact) mass is 270 g/mol. The van der Waals surface area contributed by atoms with Crippen LogP contribution in [-0.2, 0) is 0 Å². The van der Waals surface area contributed by atoms with Crippen LogP contribution in [0.3, 0.4) is 0 Å². The molecule has 0 saturated carbocycles. The average molecular weight is 270 g/mol. The maximum absolute atomic E-state index is 13.4. The van der Waals surface area contributed by atoms with Crippen molar-refractivity contribution in [3.63, 3.8) is 0 Å². The number of benzene rings is 1. The van der Waals surface area contributed by atoms with Crippen LogP contribution in [0.2, 0.25) is 0 Å². The van der Waals surface area contributed by atoms with Gasteiger partial charge in [0, 0.05) is 24.4 Å². The van der Waals surface area contributed by atoms with E-state index in [1.165, 1.54) is 19.2 Å². The minimum Gasteiger partial charge on any atom is -0.494 e. The Hall–Kier alpha value is -1.82. The SMILES string of the molecule is COc1ccc(NC(=O)NC(C)CCCO)cc1F. The number of methoxy groups -OCH3 is 1. The molecule has 0 aliphatic heterocycles. The molecule has 0 aliphatic rings. The van der Waals surface area contributed by atoms with E-state index in [2.05, 4.69) is 10.6 Å². The smallest absolute Gasteiger partial charge is 0.319 e. The number of carbonyl (C=O) groups is 1. The van der Waals surface area contributed by atoms with Crippen molar-refractivity contribution in [1.29, 1.82) is 0 Å². The fourth-order valence-corrected chi connectivity index (χ4v) is 1.60. The van der Waals surface area contributed by atoms with Crippen LogP contribution < -0.4 is 15.4 Å². The Morgan fingerprint density at radius 1 is 1.53 bits per heavy atom. The van der Waals surface area contributed by atoms with Crippen LogP contribution in [-0.4, -0.2) is 30.9 Å². The molecule has 1 aromatic carbocycles. The molecular weight excluding hydrogens is 251 g/mol. The topological polar surface area (TPSA) is 70.6 Å². The molecule has 0 bridgehead atoms. The summed E-state index contributed by atoms with van der Waals surface area (Å²) in [7, 11) is 1.38. The molecule has 1 unspecified atom stereocenters. The third-order valence-corrected chi connectivity index (χ3v) is 2.58. The molecule has 106 valence electrons. The second kappa shape index (κ2) is 7.58. The highest BCUT2D eigenvalue weighted by Gasteiger charge is 2.09. The standard InChI is InChI=1S/C13H19FN2O3/c1-9(4-3-7-17)15-13(18)16-10-5-6-12(19-2)11(14)8-10/h5-6,8-9,17H,3-4,7H2,1-2H3,(H2,15,16,18). The van der Waals surface area contributed by atoms with Crippen LogP contribution in [0.15, 0.2) is 18.2 Å². The zero-order chi connectivity index (χ0) is 14.3. The first-order valence-corrected chi connectivity index (χ1v) is 6.08. The molecule has 0 spiro atoms. The number of ether oxygens (including phenoxy) is 1. The van der Waals surface area contributed by atoms with E-state index in [1.807, 2.05) is 6.92 Å². The maximum atomic E-state index is 13.4. The van der Waals surface area contributed by atoms with Gasteiger partial charge in [0.25, 0.3) is 0 Å². The summed E-state index contributed by atoms with van der Waals surface area (Å²) >= 11 is 0. The lowest BCUT2D eigenvalue weighted by molar-refractivity contribution is 0.245. The lowest BCUT2D eigenvalue weighted by atomic mass is 10.2. The number of urea groups is 1. The molecule has 0 fully saturated rings. The molecule has 1 aromatic rings. The van der Waals surface area contributed by atoms with Crippen molar-refractivity contribution in [3.8, 4) is 5.75 Å². The number of anilines is 1. The number of nitrogens with one attached hydrogen (secondary N) is 2. The second-order valence-electron chi connectivity index (χ2n) is 4.21. The molecule has 0 saturated heterocycles. The minimum absolute atomic E-state index is 0.0600. The predicted octanol–water partition coefficient (Wildman–Crippen LogP) is 2.12. The molecule has 3 N–H and O–H groups in total. The summed E-state index contributed by atoms with van der Waals surface area (Å²) < 4.78 is 18.2. The molecule has 1 atom stereocenters. The fraction of sp³-hybridized carbons (Fsp3) is 0.462. The van der Waals surface area contributed by atoms with Crippen molar-refractivity contribution in [2.45, 2.75) is 25.8 Å². The van der Waals surface area contributed by atoms with E-state index < -0.39 is 11.8 Å². The lowest BCUT2D eigenvalue weighted by Crippen LogP contribution is -2.36. The molecule has 0 heterocycles. The number of halogens is 1.